The molecule has 3 amide bonds. The van der Waals surface area contributed by atoms with Crippen molar-refractivity contribution >= 4 is 54.0 Å². The fraction of sp³-hybridized carbons (Fsp3) is 0.581. The molecule has 0 saturated carbocycles. The van der Waals surface area contributed by atoms with Crippen molar-refractivity contribution in [1.29, 1.82) is 0 Å². The second kappa shape index (κ2) is 30.6. The van der Waals surface area contributed by atoms with Gasteiger partial charge in [-0.15, -0.1) is 5.06 Å². The molecule has 5 N–H and O–H groups in total. The van der Waals surface area contributed by atoms with E-state index in [9.17, 15) is 38.4 Å². The van der Waals surface area contributed by atoms with E-state index < -0.39 is 71.5 Å². The molecule has 0 spiro atoms. The van der Waals surface area contributed by atoms with E-state index in [1.165, 1.54) is 26.0 Å². The Hall–Kier alpha value is -4.17. The van der Waals surface area contributed by atoms with Crippen LogP contribution in [-0.2, 0) is 62.3 Å². The smallest absolute Gasteiger partial charge is 0.662 e. The van der Waals surface area contributed by atoms with E-state index in [2.05, 4.69) is 23.4 Å². The number of nitrogens with zero attached hydrogens (tertiary/aromatic N) is 1. The van der Waals surface area contributed by atoms with Gasteiger partial charge in [0.15, 0.2) is 0 Å². The summed E-state index contributed by atoms with van der Waals surface area (Å²) >= 11 is 0. The molecule has 0 aromatic rings. The number of hydrogen-bond acceptors (Lipinski definition) is 15. The summed E-state index contributed by atoms with van der Waals surface area (Å²) in [6.07, 6.45) is 2.65. The van der Waals surface area contributed by atoms with Crippen molar-refractivity contribution in [2.45, 2.75) is 79.3 Å². The molecule has 284 valence electrons. The number of nitrogens with two attached hydrogens (primary N) is 1. The van der Waals surface area contributed by atoms with Gasteiger partial charge in [-0.2, -0.15) is 0 Å². The molecule has 0 aromatic carbocycles. The number of carbonyl (C=O) groups excluding carboxylic acids is 7. The average Bonchev–Trinajstić information content (AvgIpc) is 3.36. The average molecular weight is 742 g/mol. The number of nitrogens with one attached hydrogen (secondary N) is 1. The number of hydrogen-bond donors (Lipinski definition) is 4. The molecule has 1 aliphatic heterocycles. The first-order valence-corrected chi connectivity index (χ1v) is 15.1. The summed E-state index contributed by atoms with van der Waals surface area (Å²) < 4.78 is 9.64. The molecule has 0 aromatic heterocycles. The zero-order chi connectivity index (χ0) is 39.6. The molecular weight excluding hydrogens is 693 g/mol. The summed E-state index contributed by atoms with van der Waals surface area (Å²) in [5.74, 6) is -7.21. The fourth-order valence-corrected chi connectivity index (χ4v) is 3.20. The van der Waals surface area contributed by atoms with Crippen molar-refractivity contribution in [2.75, 3.05) is 13.2 Å². The van der Waals surface area contributed by atoms with Crippen LogP contribution in [0.1, 0.15) is 67.2 Å². The maximum atomic E-state index is 12.0. The molecule has 19 nitrogen and oxygen atoms in total. The fourth-order valence-electron chi connectivity index (χ4n) is 3.20. The van der Waals surface area contributed by atoms with Gasteiger partial charge in [-0.1, -0.05) is 53.0 Å². The third-order valence-corrected chi connectivity index (χ3v) is 6.09. The topological polar surface area (TPSA) is 295 Å². The molecule has 1 rings (SSSR count). The number of amides is 3. The van der Waals surface area contributed by atoms with E-state index >= 15 is 0 Å². The van der Waals surface area contributed by atoms with E-state index in [0.717, 1.165) is 0 Å². The van der Waals surface area contributed by atoms with E-state index in [-0.39, 0.29) is 86.8 Å². The monoisotopic (exact) mass is 741 g/mol. The van der Waals surface area contributed by atoms with Gasteiger partial charge in [0.1, 0.15) is 25.3 Å². The Bertz CT molecular complexity index is 1160. The standard InChI is InChI=1S/C14H19NO6.C13H21NO5.C3H7NO2.CH2O3.Na/c1-4-7-20-13(18)8-10(9(2)3)14(19)21-15-11(16)5-6-12(15)17;1-5-6-19-11(15)7-10(8(2)3)12(16)14-9(4)13(17)18;1-2(4)3(5)6;2-1-4-3;/h4,9-10H,1,5-8H2,2-3H3;5,8-10H,1,6-7H2,2-4H3,(H,14,16)(H,17,18);2H,4H2,1H3,(H,5,6);1,3H;/q;;;;+1/p-1/t10-;9-,10-;2-;;/m000../s1. The van der Waals surface area contributed by atoms with Crippen LogP contribution in [0.2, 0.25) is 0 Å². The molecule has 0 bridgehead atoms. The summed E-state index contributed by atoms with van der Waals surface area (Å²) in [7, 11) is 0. The van der Waals surface area contributed by atoms with Crippen LogP contribution in [0.25, 0.3) is 0 Å². The van der Waals surface area contributed by atoms with Crippen LogP contribution in [0, 0.1) is 23.7 Å². The second-order valence-electron chi connectivity index (χ2n) is 10.9. The third kappa shape index (κ3) is 26.3. The van der Waals surface area contributed by atoms with Crippen LogP contribution in [-0.4, -0.2) is 94.6 Å². The summed E-state index contributed by atoms with van der Waals surface area (Å²) in [5, 5.41) is 27.9. The van der Waals surface area contributed by atoms with Gasteiger partial charge in [-0.25, -0.2) is 4.79 Å². The molecule has 51 heavy (non-hydrogen) atoms. The van der Waals surface area contributed by atoms with Crippen molar-refractivity contribution in [3.05, 3.63) is 25.3 Å². The summed E-state index contributed by atoms with van der Waals surface area (Å²) in [6, 6.07) is -1.72. The van der Waals surface area contributed by atoms with Crippen LogP contribution >= 0.6 is 0 Å². The van der Waals surface area contributed by atoms with Crippen LogP contribution in [0.15, 0.2) is 25.3 Å². The number of ether oxygens (including phenoxy) is 2. The van der Waals surface area contributed by atoms with Gasteiger partial charge < -0.3 is 45.7 Å². The normalized spacial score (nSPS) is 13.6. The Morgan fingerprint density at radius 1 is 0.843 bits per heavy atom. The van der Waals surface area contributed by atoms with E-state index in [0.29, 0.717) is 5.06 Å². The second-order valence-corrected chi connectivity index (χ2v) is 10.9. The van der Waals surface area contributed by atoms with Crippen molar-refractivity contribution in [3.63, 3.8) is 0 Å². The van der Waals surface area contributed by atoms with Crippen LogP contribution < -0.4 is 45.9 Å². The first-order chi connectivity index (χ1) is 23.2. The number of carbonyl (C=O) groups is 9. The minimum absolute atomic E-state index is 0. The van der Waals surface area contributed by atoms with Crippen molar-refractivity contribution in [2.24, 2.45) is 29.4 Å². The first-order valence-electron chi connectivity index (χ1n) is 15.1. The van der Waals surface area contributed by atoms with Gasteiger partial charge in [0.05, 0.1) is 24.7 Å². The predicted octanol–water partition coefficient (Wildman–Crippen LogP) is -3.19. The molecule has 1 heterocycles. The minimum atomic E-state index is -1.12. The van der Waals surface area contributed by atoms with Crippen molar-refractivity contribution in [1.82, 2.24) is 10.4 Å². The maximum Gasteiger partial charge on any atom is 1.00 e. The number of carboxylic acids is 2. The molecule has 0 radical (unpaired) electrons. The van der Waals surface area contributed by atoms with Gasteiger partial charge in [-0.05, 0) is 25.7 Å². The molecule has 20 heteroatoms. The molecule has 1 fully saturated rings. The predicted molar refractivity (Wildman–Crippen MR) is 169 cm³/mol. The SMILES string of the molecule is C=CCOC(=O)C[C@H](C(=O)N[C@@H](C)C(=O)O)C(C)C.C=CCOC(=O)C[C@H](C(=O)ON1C(=O)CCC1=O)C(C)C.C[C@H](N)C(=O)O.O=CO[O-].[Na+]. The Labute approximate surface area is 318 Å². The third-order valence-electron chi connectivity index (χ3n) is 6.09. The number of aliphatic carboxylic acids is 2. The number of hydroxylamine groups is 2. The van der Waals surface area contributed by atoms with Crippen LogP contribution in [0.4, 0.5) is 0 Å². The first kappa shape index (κ1) is 53.6. The van der Waals surface area contributed by atoms with Gasteiger partial charge in [-0.3, -0.25) is 38.4 Å². The minimum Gasteiger partial charge on any atom is -0.662 e. The Morgan fingerprint density at radius 3 is 1.51 bits per heavy atom. The molecule has 0 unspecified atom stereocenters. The van der Waals surface area contributed by atoms with Gasteiger partial charge in [0.25, 0.3) is 18.3 Å². The van der Waals surface area contributed by atoms with Gasteiger partial charge in [0, 0.05) is 12.8 Å². The van der Waals surface area contributed by atoms with E-state index in [1.807, 2.05) is 0 Å². The zero-order valence-corrected chi connectivity index (χ0v) is 32.0. The van der Waals surface area contributed by atoms with Crippen LogP contribution in [0.3, 0.4) is 0 Å². The zero-order valence-electron chi connectivity index (χ0n) is 30.0. The quantitative estimate of drug-likeness (QED) is 0.0217. The Balaban J connectivity index is -0.000000338. The molecule has 0 aliphatic carbocycles. The van der Waals surface area contributed by atoms with Crippen molar-refractivity contribution < 1.29 is 107 Å². The summed E-state index contributed by atoms with van der Waals surface area (Å²) in [6.45, 7) is 16.6. The van der Waals surface area contributed by atoms with E-state index in [1.54, 1.807) is 27.7 Å². The van der Waals surface area contributed by atoms with Crippen LogP contribution in [0.5, 0.6) is 0 Å². The number of imide groups is 1. The Morgan fingerprint density at radius 2 is 1.22 bits per heavy atom. The largest absolute Gasteiger partial charge is 1.00 e. The van der Waals surface area contributed by atoms with Gasteiger partial charge in [0.2, 0.25) is 5.91 Å². The Kier molecular flexibility index (Phi) is 32.2. The summed E-state index contributed by atoms with van der Waals surface area (Å²) in [5.41, 5.74) is 4.84. The van der Waals surface area contributed by atoms with Crippen molar-refractivity contribution in [3.8, 4) is 0 Å². The van der Waals surface area contributed by atoms with Gasteiger partial charge >= 0.3 is 59.4 Å². The number of rotatable bonds is 17. The molecule has 1 saturated heterocycles. The van der Waals surface area contributed by atoms with E-state index in [4.69, 9.17) is 40.3 Å². The molecule has 4 atom stereocenters. The molecular formula is C31H48N3NaO16. The summed E-state index contributed by atoms with van der Waals surface area (Å²) in [4.78, 5) is 106. The maximum absolute atomic E-state index is 12.0. The number of carboxylic acid groups (broad SMARTS) is 2. The number of esters is 2. The molecule has 1 aliphatic rings.